The molecule has 0 aromatic heterocycles. The molecular formula is C6H14Cl2OSi. The molecule has 10 heavy (non-hydrogen) atoms. The molecule has 0 radical (unpaired) electrons. The van der Waals surface area contributed by atoms with Crippen LogP contribution in [0.15, 0.2) is 0 Å². The van der Waals surface area contributed by atoms with Crippen LogP contribution in [0.2, 0.25) is 6.04 Å². The second-order valence-corrected chi connectivity index (χ2v) is 8.71. The largest absolute Gasteiger partial charge is 0.392 e. The van der Waals surface area contributed by atoms with Crippen LogP contribution in [0, 0.1) is 0 Å². The molecule has 0 aliphatic carbocycles. The maximum absolute atomic E-state index is 5.84. The molecule has 1 nitrogen and oxygen atoms in total. The molecule has 0 saturated carbocycles. The summed E-state index contributed by atoms with van der Waals surface area (Å²) in [7, 11) is 0. The van der Waals surface area contributed by atoms with Crippen LogP contribution in [0.25, 0.3) is 0 Å². The molecule has 0 aliphatic heterocycles. The molecule has 0 aromatic rings. The third kappa shape index (κ3) is 5.53. The third-order valence-electron chi connectivity index (χ3n) is 1.22. The first-order chi connectivity index (χ1) is 4.62. The Balaban J connectivity index is 3.28. The molecule has 0 amide bonds. The van der Waals surface area contributed by atoms with Gasteiger partial charge in [0.15, 0.2) is 0 Å². The molecule has 0 atom stereocenters. The summed E-state index contributed by atoms with van der Waals surface area (Å²) in [6.45, 7) is 2.51. The molecule has 0 fully saturated rings. The lowest BCUT2D eigenvalue weighted by Gasteiger charge is -2.14. The van der Waals surface area contributed by atoms with Crippen LogP contribution in [0.3, 0.4) is 0 Å². The topological polar surface area (TPSA) is 9.23 Å². The van der Waals surface area contributed by atoms with E-state index in [0.717, 1.165) is 18.9 Å². The Labute approximate surface area is 73.2 Å². The molecule has 0 bridgehead atoms. The standard InChI is InChI=1S/C6H14Cl2OSi/c1-3-5-6-9-10(7,8)4-2/h3-6H2,1-2H3. The predicted octanol–water partition coefficient (Wildman–Crippen LogP) is 3.24. The molecule has 62 valence electrons. The Hall–Kier alpha value is 0.757. The van der Waals surface area contributed by atoms with Gasteiger partial charge in [0.25, 0.3) is 0 Å². The van der Waals surface area contributed by atoms with Gasteiger partial charge in [-0.1, -0.05) is 20.3 Å². The Bertz CT molecular complexity index is 87.8. The minimum atomic E-state index is -2.27. The summed E-state index contributed by atoms with van der Waals surface area (Å²) >= 11 is 11.7. The summed E-state index contributed by atoms with van der Waals surface area (Å²) in [6.07, 6.45) is 2.18. The Kier molecular flexibility index (Phi) is 5.82. The van der Waals surface area contributed by atoms with Crippen LogP contribution in [0.4, 0.5) is 0 Å². The molecule has 0 rings (SSSR count). The Morgan fingerprint density at radius 3 is 2.30 bits per heavy atom. The average Bonchev–Trinajstić information content (AvgIpc) is 1.89. The van der Waals surface area contributed by atoms with Gasteiger partial charge in [-0.2, -0.15) is 0 Å². The zero-order valence-electron chi connectivity index (χ0n) is 6.49. The summed E-state index contributed by atoms with van der Waals surface area (Å²) < 4.78 is 5.29. The lowest BCUT2D eigenvalue weighted by atomic mass is 10.4. The van der Waals surface area contributed by atoms with Crippen molar-refractivity contribution in [3.63, 3.8) is 0 Å². The monoisotopic (exact) mass is 200 g/mol. The van der Waals surface area contributed by atoms with E-state index in [1.807, 2.05) is 6.92 Å². The van der Waals surface area contributed by atoms with Gasteiger partial charge in [0.05, 0.1) is 0 Å². The summed E-state index contributed by atoms with van der Waals surface area (Å²) in [4.78, 5) is 0. The van der Waals surface area contributed by atoms with E-state index >= 15 is 0 Å². The molecular weight excluding hydrogens is 187 g/mol. The second kappa shape index (κ2) is 5.41. The molecule has 0 aliphatic rings. The average molecular weight is 201 g/mol. The SMILES string of the molecule is CCCCO[Si](Cl)(Cl)CC. The van der Waals surface area contributed by atoms with Gasteiger partial charge in [-0.15, -0.1) is 22.2 Å². The van der Waals surface area contributed by atoms with Crippen molar-refractivity contribution in [3.05, 3.63) is 0 Å². The van der Waals surface area contributed by atoms with E-state index in [9.17, 15) is 0 Å². The lowest BCUT2D eigenvalue weighted by Crippen LogP contribution is -2.23. The fraction of sp³-hybridized carbons (Fsp3) is 1.00. The highest BCUT2D eigenvalue weighted by Crippen LogP contribution is 2.21. The van der Waals surface area contributed by atoms with Crippen LogP contribution in [-0.2, 0) is 4.43 Å². The Morgan fingerprint density at radius 1 is 1.30 bits per heavy atom. The first-order valence-electron chi connectivity index (χ1n) is 3.64. The maximum atomic E-state index is 5.84. The van der Waals surface area contributed by atoms with E-state index < -0.39 is 6.94 Å². The van der Waals surface area contributed by atoms with Crippen LogP contribution in [-0.4, -0.2) is 13.5 Å². The van der Waals surface area contributed by atoms with Crippen molar-refractivity contribution in [3.8, 4) is 0 Å². The van der Waals surface area contributed by atoms with Gasteiger partial charge < -0.3 is 4.43 Å². The Morgan fingerprint density at radius 2 is 1.90 bits per heavy atom. The van der Waals surface area contributed by atoms with E-state index in [2.05, 4.69) is 6.92 Å². The van der Waals surface area contributed by atoms with E-state index in [-0.39, 0.29) is 0 Å². The van der Waals surface area contributed by atoms with Crippen molar-refractivity contribution in [1.29, 1.82) is 0 Å². The molecule has 0 heterocycles. The number of hydrogen-bond donors (Lipinski definition) is 0. The zero-order valence-corrected chi connectivity index (χ0v) is 9.00. The van der Waals surface area contributed by atoms with E-state index in [4.69, 9.17) is 26.6 Å². The van der Waals surface area contributed by atoms with Gasteiger partial charge >= 0.3 is 6.94 Å². The van der Waals surface area contributed by atoms with Gasteiger partial charge in [-0.3, -0.25) is 0 Å². The molecule has 0 aromatic carbocycles. The van der Waals surface area contributed by atoms with Crippen LogP contribution in [0.5, 0.6) is 0 Å². The van der Waals surface area contributed by atoms with Crippen molar-refractivity contribution >= 4 is 29.1 Å². The van der Waals surface area contributed by atoms with E-state index in [1.54, 1.807) is 0 Å². The van der Waals surface area contributed by atoms with Crippen molar-refractivity contribution in [2.75, 3.05) is 6.61 Å². The van der Waals surface area contributed by atoms with Crippen molar-refractivity contribution in [2.24, 2.45) is 0 Å². The zero-order chi connectivity index (χ0) is 8.04. The van der Waals surface area contributed by atoms with Gasteiger partial charge in [0.1, 0.15) is 0 Å². The fourth-order valence-corrected chi connectivity index (χ4v) is 1.58. The van der Waals surface area contributed by atoms with Crippen molar-refractivity contribution < 1.29 is 4.43 Å². The summed E-state index contributed by atoms with van der Waals surface area (Å²) in [5.41, 5.74) is 0. The molecule has 0 N–H and O–H groups in total. The van der Waals surface area contributed by atoms with Gasteiger partial charge in [0.2, 0.25) is 0 Å². The number of rotatable bonds is 5. The highest BCUT2D eigenvalue weighted by molar-refractivity contribution is 7.42. The van der Waals surface area contributed by atoms with Crippen molar-refractivity contribution in [2.45, 2.75) is 32.7 Å². The summed E-state index contributed by atoms with van der Waals surface area (Å²) in [6, 6.07) is 0.764. The number of unbranched alkanes of at least 4 members (excludes halogenated alkanes) is 1. The molecule has 0 spiro atoms. The van der Waals surface area contributed by atoms with E-state index in [0.29, 0.717) is 6.61 Å². The van der Waals surface area contributed by atoms with Crippen molar-refractivity contribution in [1.82, 2.24) is 0 Å². The third-order valence-corrected chi connectivity index (χ3v) is 4.93. The minimum Gasteiger partial charge on any atom is -0.392 e. The summed E-state index contributed by atoms with van der Waals surface area (Å²) in [5, 5.41) is 0. The maximum Gasteiger partial charge on any atom is 0.389 e. The van der Waals surface area contributed by atoms with Gasteiger partial charge in [-0.05, 0) is 12.5 Å². The quantitative estimate of drug-likeness (QED) is 0.377. The lowest BCUT2D eigenvalue weighted by molar-refractivity contribution is 0.316. The normalized spacial score (nSPS) is 12.0. The van der Waals surface area contributed by atoms with Crippen LogP contribution in [0.1, 0.15) is 26.7 Å². The smallest absolute Gasteiger partial charge is 0.389 e. The highest BCUT2D eigenvalue weighted by Gasteiger charge is 2.27. The fourth-order valence-electron chi connectivity index (χ4n) is 0.468. The minimum absolute atomic E-state index is 0.712. The highest BCUT2D eigenvalue weighted by atomic mass is 35.7. The van der Waals surface area contributed by atoms with Gasteiger partial charge in [0, 0.05) is 6.61 Å². The first kappa shape index (κ1) is 10.8. The number of halogens is 2. The van der Waals surface area contributed by atoms with Crippen LogP contribution >= 0.6 is 22.2 Å². The van der Waals surface area contributed by atoms with Crippen LogP contribution < -0.4 is 0 Å². The summed E-state index contributed by atoms with van der Waals surface area (Å²) in [5.74, 6) is 0. The molecule has 0 unspecified atom stereocenters. The molecule has 0 saturated heterocycles. The number of hydrogen-bond acceptors (Lipinski definition) is 1. The predicted molar refractivity (Wildman–Crippen MR) is 48.8 cm³/mol. The molecule has 4 heteroatoms. The van der Waals surface area contributed by atoms with Gasteiger partial charge in [-0.25, -0.2) is 0 Å². The van der Waals surface area contributed by atoms with E-state index in [1.165, 1.54) is 0 Å². The first-order valence-corrected chi connectivity index (χ1v) is 7.78. The second-order valence-electron chi connectivity index (χ2n) is 2.19.